The van der Waals surface area contributed by atoms with Crippen molar-refractivity contribution in [2.24, 2.45) is 0 Å². The Balaban J connectivity index is 1.61. The minimum atomic E-state index is -0.677. The van der Waals surface area contributed by atoms with Crippen molar-refractivity contribution in [2.45, 2.75) is 77.6 Å². The van der Waals surface area contributed by atoms with Crippen LogP contribution in [-0.2, 0) is 5.41 Å². The number of ketones is 1. The fourth-order valence-corrected chi connectivity index (χ4v) is 4.87. The highest BCUT2D eigenvalue weighted by Crippen LogP contribution is 2.45. The topological polar surface area (TPSA) is 64.8 Å². The summed E-state index contributed by atoms with van der Waals surface area (Å²) < 4.78 is 12.0. The molecule has 0 radical (unpaired) electrons. The van der Waals surface area contributed by atoms with Gasteiger partial charge in [0.15, 0.2) is 5.78 Å². The second-order valence-electron chi connectivity index (χ2n) is 9.83. The number of hydrogen-bond donors (Lipinski definition) is 1. The number of unbranched alkanes of at least 4 members (excludes halogenated alkanes) is 3. The summed E-state index contributed by atoms with van der Waals surface area (Å²) in [5.41, 5.74) is 7.68. The molecule has 5 heteroatoms. The number of carbonyl (C=O) groups is 1. The molecule has 2 aromatic carbocycles. The SMILES string of the molecule is CCCCN(CCCC)CCCOc1ccc(C(=O)C2(CCCC)COc3ccc(N)cc32)cc1. The lowest BCUT2D eigenvalue weighted by molar-refractivity contribution is 0.0843. The molecule has 35 heavy (non-hydrogen) atoms. The smallest absolute Gasteiger partial charge is 0.176 e. The van der Waals surface area contributed by atoms with Gasteiger partial charge in [-0.3, -0.25) is 4.79 Å². The Morgan fingerprint density at radius 1 is 0.943 bits per heavy atom. The van der Waals surface area contributed by atoms with E-state index in [1.807, 2.05) is 42.5 Å². The molecule has 1 aliphatic rings. The van der Waals surface area contributed by atoms with Gasteiger partial charge < -0.3 is 20.1 Å². The van der Waals surface area contributed by atoms with Crippen LogP contribution in [0.4, 0.5) is 5.69 Å². The lowest BCUT2D eigenvalue weighted by atomic mass is 9.72. The van der Waals surface area contributed by atoms with Gasteiger partial charge in [-0.15, -0.1) is 0 Å². The standard InChI is InChI=1S/C30H44N2O3/c1-4-7-17-30(23-35-28-16-13-25(31)22-27(28)30)29(33)24-11-14-26(15-12-24)34-21-10-20-32(18-8-5-2)19-9-6-3/h11-16,22H,4-10,17-21,23,31H2,1-3H3. The molecule has 1 heterocycles. The van der Waals surface area contributed by atoms with Crippen molar-refractivity contribution in [1.29, 1.82) is 0 Å². The van der Waals surface area contributed by atoms with Gasteiger partial charge in [0, 0.05) is 23.4 Å². The average molecular weight is 481 g/mol. The van der Waals surface area contributed by atoms with Gasteiger partial charge >= 0.3 is 0 Å². The summed E-state index contributed by atoms with van der Waals surface area (Å²) >= 11 is 0. The number of anilines is 1. The highest BCUT2D eigenvalue weighted by atomic mass is 16.5. The van der Waals surface area contributed by atoms with Gasteiger partial charge in [0.05, 0.1) is 12.0 Å². The van der Waals surface area contributed by atoms with E-state index in [9.17, 15) is 4.79 Å². The maximum Gasteiger partial charge on any atom is 0.176 e. The number of rotatable bonds is 16. The molecule has 0 spiro atoms. The zero-order chi connectivity index (χ0) is 25.1. The second-order valence-corrected chi connectivity index (χ2v) is 9.83. The van der Waals surface area contributed by atoms with E-state index >= 15 is 0 Å². The molecule has 5 nitrogen and oxygen atoms in total. The zero-order valence-electron chi connectivity index (χ0n) is 22.0. The van der Waals surface area contributed by atoms with Crippen LogP contribution in [0, 0.1) is 0 Å². The molecule has 1 unspecified atom stereocenters. The highest BCUT2D eigenvalue weighted by Gasteiger charge is 2.46. The van der Waals surface area contributed by atoms with E-state index in [0.717, 1.165) is 49.3 Å². The molecule has 0 aromatic heterocycles. The molecular formula is C30H44N2O3. The fourth-order valence-electron chi connectivity index (χ4n) is 4.87. The Hall–Kier alpha value is -2.53. The van der Waals surface area contributed by atoms with Crippen LogP contribution in [0.2, 0.25) is 0 Å². The average Bonchev–Trinajstić information content (AvgIpc) is 3.25. The number of benzene rings is 2. The highest BCUT2D eigenvalue weighted by molar-refractivity contribution is 6.05. The Labute approximate surface area is 212 Å². The number of carbonyl (C=O) groups excluding carboxylic acids is 1. The number of nitrogens with two attached hydrogens (primary N) is 1. The summed E-state index contributed by atoms with van der Waals surface area (Å²) in [7, 11) is 0. The first-order valence-corrected chi connectivity index (χ1v) is 13.6. The first kappa shape index (κ1) is 27.1. The van der Waals surface area contributed by atoms with Crippen LogP contribution < -0.4 is 15.2 Å². The van der Waals surface area contributed by atoms with Crippen molar-refractivity contribution >= 4 is 11.5 Å². The number of hydrogen-bond acceptors (Lipinski definition) is 5. The van der Waals surface area contributed by atoms with Crippen molar-refractivity contribution in [1.82, 2.24) is 4.90 Å². The molecule has 2 N–H and O–H groups in total. The van der Waals surface area contributed by atoms with Crippen molar-refractivity contribution in [3.8, 4) is 11.5 Å². The van der Waals surface area contributed by atoms with Crippen molar-refractivity contribution in [3.63, 3.8) is 0 Å². The third kappa shape index (κ3) is 7.00. The predicted octanol–water partition coefficient (Wildman–Crippen LogP) is 6.64. The molecule has 192 valence electrons. The van der Waals surface area contributed by atoms with E-state index in [-0.39, 0.29) is 5.78 Å². The Kier molecular flexibility index (Phi) is 10.5. The Morgan fingerprint density at radius 2 is 1.60 bits per heavy atom. The normalized spacial score (nSPS) is 16.8. The monoisotopic (exact) mass is 480 g/mol. The second kappa shape index (κ2) is 13.5. The summed E-state index contributed by atoms with van der Waals surface area (Å²) in [4.78, 5) is 16.4. The molecule has 2 aromatic rings. The molecule has 3 rings (SSSR count). The lowest BCUT2D eigenvalue weighted by Gasteiger charge is -2.27. The van der Waals surface area contributed by atoms with Crippen LogP contribution >= 0.6 is 0 Å². The Morgan fingerprint density at radius 3 is 2.26 bits per heavy atom. The number of ether oxygens (including phenoxy) is 2. The molecule has 0 fully saturated rings. The first-order chi connectivity index (χ1) is 17.0. The molecular weight excluding hydrogens is 436 g/mol. The van der Waals surface area contributed by atoms with E-state index in [1.54, 1.807) is 0 Å². The molecule has 1 aliphatic heterocycles. The Bertz CT molecular complexity index is 920. The van der Waals surface area contributed by atoms with Gasteiger partial charge in [-0.05, 0) is 81.2 Å². The third-order valence-electron chi connectivity index (χ3n) is 7.04. The molecule has 0 amide bonds. The number of Topliss-reactive ketones (excluding diaryl/α,β-unsaturated/α-hetero) is 1. The van der Waals surface area contributed by atoms with Gasteiger partial charge in [0.25, 0.3) is 0 Å². The van der Waals surface area contributed by atoms with E-state index < -0.39 is 5.41 Å². The first-order valence-electron chi connectivity index (χ1n) is 13.6. The maximum absolute atomic E-state index is 13.8. The largest absolute Gasteiger partial charge is 0.494 e. The molecule has 0 saturated heterocycles. The predicted molar refractivity (Wildman–Crippen MR) is 145 cm³/mol. The van der Waals surface area contributed by atoms with Gasteiger partial charge in [-0.1, -0.05) is 46.5 Å². The van der Waals surface area contributed by atoms with Gasteiger partial charge in [0.1, 0.15) is 18.1 Å². The minimum Gasteiger partial charge on any atom is -0.494 e. The van der Waals surface area contributed by atoms with Crippen molar-refractivity contribution in [3.05, 3.63) is 53.6 Å². The number of nitrogen functional groups attached to an aromatic ring is 1. The van der Waals surface area contributed by atoms with Crippen LogP contribution in [0.1, 0.15) is 88.1 Å². The summed E-state index contributed by atoms with van der Waals surface area (Å²) in [5, 5.41) is 0. The molecule has 0 saturated carbocycles. The van der Waals surface area contributed by atoms with Crippen LogP contribution in [0.3, 0.4) is 0 Å². The van der Waals surface area contributed by atoms with Crippen LogP contribution in [0.5, 0.6) is 11.5 Å². The van der Waals surface area contributed by atoms with Gasteiger partial charge in [0.2, 0.25) is 0 Å². The van der Waals surface area contributed by atoms with E-state index in [0.29, 0.717) is 24.5 Å². The zero-order valence-corrected chi connectivity index (χ0v) is 22.0. The fraction of sp³-hybridized carbons (Fsp3) is 0.567. The maximum atomic E-state index is 13.8. The lowest BCUT2D eigenvalue weighted by Crippen LogP contribution is -2.37. The van der Waals surface area contributed by atoms with Crippen molar-refractivity contribution in [2.75, 3.05) is 38.6 Å². The number of fused-ring (bicyclic) bond motifs is 1. The minimum absolute atomic E-state index is 0.101. The number of nitrogens with zero attached hydrogens (tertiary/aromatic N) is 1. The van der Waals surface area contributed by atoms with Gasteiger partial charge in [-0.2, -0.15) is 0 Å². The summed E-state index contributed by atoms with van der Waals surface area (Å²) in [5.74, 6) is 1.69. The van der Waals surface area contributed by atoms with Crippen LogP contribution in [0.25, 0.3) is 0 Å². The molecule has 0 bridgehead atoms. The van der Waals surface area contributed by atoms with Gasteiger partial charge in [-0.25, -0.2) is 0 Å². The van der Waals surface area contributed by atoms with Crippen molar-refractivity contribution < 1.29 is 14.3 Å². The van der Waals surface area contributed by atoms with Crippen LogP contribution in [-0.4, -0.2) is 43.5 Å². The summed E-state index contributed by atoms with van der Waals surface area (Å²) in [6, 6.07) is 13.3. The quantitative estimate of drug-likeness (QED) is 0.166. The molecule has 0 aliphatic carbocycles. The van der Waals surface area contributed by atoms with E-state index in [1.165, 1.54) is 38.8 Å². The summed E-state index contributed by atoms with van der Waals surface area (Å²) in [6.07, 6.45) is 8.70. The van der Waals surface area contributed by atoms with E-state index in [2.05, 4.69) is 25.7 Å². The third-order valence-corrected chi connectivity index (χ3v) is 7.04. The molecule has 1 atom stereocenters. The van der Waals surface area contributed by atoms with E-state index in [4.69, 9.17) is 15.2 Å². The summed E-state index contributed by atoms with van der Waals surface area (Å²) in [6.45, 7) is 11.1. The van der Waals surface area contributed by atoms with Crippen LogP contribution in [0.15, 0.2) is 42.5 Å².